The Hall–Kier alpha value is -1.94. The molecule has 0 spiro atoms. The first kappa shape index (κ1) is 23.7. The quantitative estimate of drug-likeness (QED) is 0.598. The predicted molar refractivity (Wildman–Crippen MR) is 119 cm³/mol. The molecular weight excluding hydrogens is 467 g/mol. The van der Waals surface area contributed by atoms with Gasteiger partial charge in [-0.3, -0.25) is 4.79 Å². The van der Waals surface area contributed by atoms with Gasteiger partial charge >= 0.3 is 0 Å². The number of hydrazone groups is 1. The van der Waals surface area contributed by atoms with Crippen molar-refractivity contribution in [2.45, 2.75) is 18.1 Å². The van der Waals surface area contributed by atoms with E-state index in [9.17, 15) is 9.90 Å². The lowest BCUT2D eigenvalue weighted by Gasteiger charge is -2.38. The Balaban J connectivity index is 0.00000272. The molecule has 0 aliphatic carbocycles. The highest BCUT2D eigenvalue weighted by Crippen LogP contribution is 2.36. The maximum absolute atomic E-state index is 11.6. The van der Waals surface area contributed by atoms with Gasteiger partial charge in [-0.2, -0.15) is 5.10 Å². The van der Waals surface area contributed by atoms with Crippen molar-refractivity contribution in [3.63, 3.8) is 0 Å². The van der Waals surface area contributed by atoms with E-state index in [4.69, 9.17) is 32.7 Å². The molecule has 2 atom stereocenters. The maximum atomic E-state index is 11.6. The molecule has 1 aromatic carbocycles. The van der Waals surface area contributed by atoms with Gasteiger partial charge in [-0.25, -0.2) is 10.4 Å². The number of aliphatic hydroxyl groups excluding tert-OH is 1. The third-order valence-corrected chi connectivity index (χ3v) is 5.85. The van der Waals surface area contributed by atoms with Crippen molar-refractivity contribution in [1.82, 2.24) is 15.7 Å². The number of carbonyl (C=O) groups is 1. The van der Waals surface area contributed by atoms with E-state index in [2.05, 4.69) is 20.8 Å². The highest BCUT2D eigenvalue weighted by atomic mass is 35.5. The molecule has 2 unspecified atom stereocenters. The first-order valence-corrected chi connectivity index (χ1v) is 10.2. The smallest absolute Gasteiger partial charge is 0.246 e. The molecule has 31 heavy (non-hydrogen) atoms. The number of aliphatic hydroxyl groups is 1. The van der Waals surface area contributed by atoms with E-state index in [0.717, 1.165) is 0 Å². The molecule has 2 aliphatic heterocycles. The normalized spacial score (nSPS) is 23.4. The summed E-state index contributed by atoms with van der Waals surface area (Å²) in [6, 6.07) is 8.62. The number of rotatable bonds is 5. The Labute approximate surface area is 195 Å². The fraction of sp³-hybridized carbons (Fsp3) is 0.350. The summed E-state index contributed by atoms with van der Waals surface area (Å²) in [7, 11) is 0. The van der Waals surface area contributed by atoms with Gasteiger partial charge in [0.1, 0.15) is 6.10 Å². The van der Waals surface area contributed by atoms with Gasteiger partial charge in [-0.05, 0) is 29.8 Å². The summed E-state index contributed by atoms with van der Waals surface area (Å²) >= 11 is 12.3. The molecule has 2 aromatic rings. The fourth-order valence-corrected chi connectivity index (χ4v) is 3.85. The van der Waals surface area contributed by atoms with E-state index in [1.54, 1.807) is 36.5 Å². The third kappa shape index (κ3) is 4.79. The number of hydrogen-bond donors (Lipinski definition) is 3. The summed E-state index contributed by atoms with van der Waals surface area (Å²) < 4.78 is 12.4. The minimum atomic E-state index is -1.20. The minimum Gasteiger partial charge on any atom is -0.469 e. The van der Waals surface area contributed by atoms with Crippen molar-refractivity contribution < 1.29 is 19.4 Å². The topological polar surface area (TPSA) is 105 Å². The summed E-state index contributed by atoms with van der Waals surface area (Å²) in [5.41, 5.74) is 3.01. The highest BCUT2D eigenvalue weighted by Gasteiger charge is 2.45. The Morgan fingerprint density at radius 3 is 2.84 bits per heavy atom. The van der Waals surface area contributed by atoms with E-state index in [1.807, 2.05) is 0 Å². The Kier molecular flexibility index (Phi) is 7.74. The lowest BCUT2D eigenvalue weighted by atomic mass is 9.88. The average Bonchev–Trinajstić information content (AvgIpc) is 3.08. The van der Waals surface area contributed by atoms with Crippen molar-refractivity contribution in [3.8, 4) is 5.88 Å². The van der Waals surface area contributed by atoms with Crippen LogP contribution in [0.25, 0.3) is 0 Å². The van der Waals surface area contributed by atoms with Gasteiger partial charge in [-0.1, -0.05) is 29.3 Å². The molecule has 1 aromatic heterocycles. The summed E-state index contributed by atoms with van der Waals surface area (Å²) in [5.74, 6) is 0.0997. The van der Waals surface area contributed by atoms with Crippen LogP contribution in [-0.2, 0) is 15.1 Å². The molecule has 1 fully saturated rings. The van der Waals surface area contributed by atoms with Crippen molar-refractivity contribution in [1.29, 1.82) is 0 Å². The van der Waals surface area contributed by atoms with Gasteiger partial charge in [0, 0.05) is 19.3 Å². The number of aromatic nitrogens is 1. The Morgan fingerprint density at radius 2 is 2.13 bits per heavy atom. The molecule has 2 aliphatic rings. The van der Waals surface area contributed by atoms with Crippen LogP contribution in [0.15, 0.2) is 41.6 Å². The molecule has 0 radical (unpaired) electrons. The largest absolute Gasteiger partial charge is 0.469 e. The summed E-state index contributed by atoms with van der Waals surface area (Å²) in [6.45, 7) is 0.991. The zero-order valence-corrected chi connectivity index (χ0v) is 18.6. The Bertz CT molecular complexity index is 991. The number of ether oxygens (including phenoxy) is 2. The van der Waals surface area contributed by atoms with E-state index < -0.39 is 11.7 Å². The van der Waals surface area contributed by atoms with Crippen molar-refractivity contribution in [3.05, 3.63) is 57.7 Å². The van der Waals surface area contributed by atoms with E-state index in [0.29, 0.717) is 52.5 Å². The molecule has 0 bridgehead atoms. The third-order valence-electron chi connectivity index (χ3n) is 5.11. The summed E-state index contributed by atoms with van der Waals surface area (Å²) in [5, 5.41) is 18.5. The standard InChI is InChI=1S/C20H20Cl2N4O4.ClH/c21-14-4-3-12(8-15(14)22)20(11-27)17(10-23-6-7-29-20)30-19-13(2-1-5-24-19)16-9-18(28)26-25-16;/h1-5,8,17,23,27H,6-7,9-11H2,(H,26,28);1H. The molecule has 1 amide bonds. The van der Waals surface area contributed by atoms with Gasteiger partial charge in [0.15, 0.2) is 5.60 Å². The van der Waals surface area contributed by atoms with Crippen LogP contribution in [0.4, 0.5) is 0 Å². The fourth-order valence-electron chi connectivity index (χ4n) is 3.56. The lowest BCUT2D eigenvalue weighted by molar-refractivity contribution is -0.134. The number of nitrogens with zero attached hydrogens (tertiary/aromatic N) is 2. The minimum absolute atomic E-state index is 0. The molecule has 3 N–H and O–H groups in total. The molecule has 1 saturated heterocycles. The van der Waals surface area contributed by atoms with Crippen LogP contribution in [0.1, 0.15) is 17.5 Å². The lowest BCUT2D eigenvalue weighted by Crippen LogP contribution is -2.51. The van der Waals surface area contributed by atoms with Crippen molar-refractivity contribution in [2.24, 2.45) is 5.10 Å². The number of amides is 1. The van der Waals surface area contributed by atoms with Crippen LogP contribution in [0.2, 0.25) is 10.0 Å². The van der Waals surface area contributed by atoms with Gasteiger partial charge in [0.05, 0.1) is 41.0 Å². The van der Waals surface area contributed by atoms with Gasteiger partial charge in [0.25, 0.3) is 0 Å². The van der Waals surface area contributed by atoms with Crippen LogP contribution in [-0.4, -0.2) is 54.1 Å². The van der Waals surface area contributed by atoms with Crippen molar-refractivity contribution >= 4 is 47.2 Å². The molecule has 4 rings (SSSR count). The van der Waals surface area contributed by atoms with Crippen LogP contribution in [0.3, 0.4) is 0 Å². The van der Waals surface area contributed by atoms with E-state index in [1.165, 1.54) is 0 Å². The monoisotopic (exact) mass is 486 g/mol. The SMILES string of the molecule is Cl.O=C1CC(c2cccnc2OC2CNCCOC2(CO)c2ccc(Cl)c(Cl)c2)=NN1. The zero-order valence-electron chi connectivity index (χ0n) is 16.3. The number of carbonyl (C=O) groups excluding carboxylic acids is 1. The summed E-state index contributed by atoms with van der Waals surface area (Å²) in [6.07, 6.45) is 1.08. The second kappa shape index (κ2) is 10.1. The number of pyridine rings is 1. The predicted octanol–water partition coefficient (Wildman–Crippen LogP) is 2.29. The molecule has 3 heterocycles. The summed E-state index contributed by atoms with van der Waals surface area (Å²) in [4.78, 5) is 15.9. The molecule has 166 valence electrons. The van der Waals surface area contributed by atoms with Crippen LogP contribution in [0, 0.1) is 0 Å². The number of halogens is 3. The molecule has 8 nitrogen and oxygen atoms in total. The molecular formula is C20H21Cl3N4O4. The van der Waals surface area contributed by atoms with E-state index >= 15 is 0 Å². The second-order valence-electron chi connectivity index (χ2n) is 6.96. The average molecular weight is 488 g/mol. The van der Waals surface area contributed by atoms with Gasteiger partial charge < -0.3 is 19.9 Å². The van der Waals surface area contributed by atoms with Gasteiger partial charge in [0.2, 0.25) is 11.8 Å². The van der Waals surface area contributed by atoms with Crippen LogP contribution in [0.5, 0.6) is 5.88 Å². The van der Waals surface area contributed by atoms with E-state index in [-0.39, 0.29) is 31.3 Å². The second-order valence-corrected chi connectivity index (χ2v) is 7.78. The van der Waals surface area contributed by atoms with Crippen molar-refractivity contribution in [2.75, 3.05) is 26.3 Å². The first-order valence-electron chi connectivity index (χ1n) is 9.42. The van der Waals surface area contributed by atoms with Crippen LogP contribution < -0.4 is 15.5 Å². The maximum Gasteiger partial charge on any atom is 0.246 e. The Morgan fingerprint density at radius 1 is 1.29 bits per heavy atom. The first-order chi connectivity index (χ1) is 14.5. The van der Waals surface area contributed by atoms with Gasteiger partial charge in [-0.15, -0.1) is 12.4 Å². The molecule has 11 heteroatoms. The zero-order chi connectivity index (χ0) is 21.1. The number of hydrogen-bond acceptors (Lipinski definition) is 7. The number of benzene rings is 1. The van der Waals surface area contributed by atoms with Crippen LogP contribution >= 0.6 is 35.6 Å². The highest BCUT2D eigenvalue weighted by molar-refractivity contribution is 6.42. The number of nitrogens with one attached hydrogen (secondary N) is 2. The molecule has 0 saturated carbocycles.